The molecule has 0 unspecified atom stereocenters. The van der Waals surface area contributed by atoms with Gasteiger partial charge >= 0.3 is 0 Å². The minimum absolute atomic E-state index is 0.592. The van der Waals surface area contributed by atoms with Crippen LogP contribution in [0.25, 0.3) is 67.5 Å². The molecule has 1 spiro atoms. The van der Waals surface area contributed by atoms with Gasteiger partial charge < -0.3 is 4.74 Å². The van der Waals surface area contributed by atoms with Gasteiger partial charge in [-0.3, -0.25) is 4.99 Å². The summed E-state index contributed by atoms with van der Waals surface area (Å²) >= 11 is 0. The molecular weight excluding hydrogens is 733 g/mol. The number of benzene rings is 8. The fourth-order valence-electron chi connectivity index (χ4n) is 9.58. The van der Waals surface area contributed by atoms with E-state index in [-0.39, 0.29) is 0 Å². The minimum atomic E-state index is -0.692. The van der Waals surface area contributed by atoms with Crippen LogP contribution in [0.4, 0.5) is 5.69 Å². The molecule has 60 heavy (non-hydrogen) atoms. The first-order valence-corrected chi connectivity index (χ1v) is 20.5. The van der Waals surface area contributed by atoms with E-state index in [4.69, 9.17) is 24.7 Å². The lowest BCUT2D eigenvalue weighted by Gasteiger charge is -2.40. The van der Waals surface area contributed by atoms with Crippen molar-refractivity contribution in [1.29, 1.82) is 0 Å². The van der Waals surface area contributed by atoms with E-state index in [0.717, 1.165) is 80.1 Å². The van der Waals surface area contributed by atoms with Crippen molar-refractivity contribution in [1.82, 2.24) is 15.0 Å². The normalized spacial score (nSPS) is 13.7. The Kier molecular flexibility index (Phi) is 7.82. The molecule has 0 saturated carbocycles. The highest BCUT2D eigenvalue weighted by Crippen LogP contribution is 2.63. The van der Waals surface area contributed by atoms with Gasteiger partial charge in [0, 0.05) is 39.6 Å². The summed E-state index contributed by atoms with van der Waals surface area (Å²) in [6.07, 6.45) is 4.00. The topological polar surface area (TPSA) is 60.3 Å². The summed E-state index contributed by atoms with van der Waals surface area (Å²) in [6, 6.07) is 66.3. The van der Waals surface area contributed by atoms with Gasteiger partial charge in [-0.2, -0.15) is 0 Å². The summed E-state index contributed by atoms with van der Waals surface area (Å²) in [4.78, 5) is 20.5. The summed E-state index contributed by atoms with van der Waals surface area (Å²) in [7, 11) is 0. The molecule has 3 heterocycles. The van der Waals surface area contributed by atoms with Gasteiger partial charge in [-0.1, -0.05) is 152 Å². The maximum atomic E-state index is 6.95. The molecule has 0 N–H and O–H groups in total. The number of aliphatic imine (C=N–C) groups is 1. The van der Waals surface area contributed by atoms with Crippen LogP contribution in [0, 0.1) is 0 Å². The number of aromatic nitrogens is 3. The van der Waals surface area contributed by atoms with Crippen molar-refractivity contribution in [3.05, 3.63) is 216 Å². The van der Waals surface area contributed by atoms with Gasteiger partial charge in [-0.05, 0) is 93.7 Å². The Morgan fingerprint density at radius 3 is 1.60 bits per heavy atom. The Labute approximate surface area is 348 Å². The first-order valence-electron chi connectivity index (χ1n) is 20.5. The minimum Gasteiger partial charge on any atom is -0.457 e. The summed E-state index contributed by atoms with van der Waals surface area (Å²) in [5, 5.41) is 0. The second-order valence-corrected chi connectivity index (χ2v) is 15.6. The Morgan fingerprint density at radius 1 is 0.383 bits per heavy atom. The van der Waals surface area contributed by atoms with Crippen LogP contribution in [0.15, 0.2) is 193 Å². The van der Waals surface area contributed by atoms with E-state index in [2.05, 4.69) is 164 Å². The van der Waals surface area contributed by atoms with Gasteiger partial charge in [0.15, 0.2) is 17.5 Å². The molecule has 3 aliphatic rings. The Morgan fingerprint density at radius 2 is 0.900 bits per heavy atom. The van der Waals surface area contributed by atoms with E-state index in [1.807, 2.05) is 30.5 Å². The Balaban J connectivity index is 1.09. The number of hydrogen-bond donors (Lipinski definition) is 0. The lowest BCUT2D eigenvalue weighted by Crippen LogP contribution is -2.32. The average Bonchev–Trinajstić information content (AvgIpc) is 3.62. The zero-order valence-electron chi connectivity index (χ0n) is 32.6. The van der Waals surface area contributed by atoms with Crippen LogP contribution in [0.2, 0.25) is 0 Å². The predicted octanol–water partition coefficient (Wildman–Crippen LogP) is 13.3. The van der Waals surface area contributed by atoms with Gasteiger partial charge in [0.05, 0.1) is 11.1 Å². The van der Waals surface area contributed by atoms with E-state index < -0.39 is 5.41 Å². The van der Waals surface area contributed by atoms with Gasteiger partial charge in [0.25, 0.3) is 0 Å². The van der Waals surface area contributed by atoms with Crippen molar-refractivity contribution in [3.8, 4) is 79.0 Å². The third-order valence-corrected chi connectivity index (χ3v) is 12.3. The summed E-state index contributed by atoms with van der Waals surface area (Å²) in [5.41, 5.74) is 15.9. The molecule has 8 aromatic carbocycles. The molecule has 0 radical (unpaired) electrons. The van der Waals surface area contributed by atoms with Crippen molar-refractivity contribution in [2.75, 3.05) is 0 Å². The van der Waals surface area contributed by atoms with E-state index in [9.17, 15) is 0 Å². The molecule has 0 bridgehead atoms. The quantitative estimate of drug-likeness (QED) is 0.175. The van der Waals surface area contributed by atoms with E-state index in [0.29, 0.717) is 17.5 Å². The molecule has 2 aliphatic heterocycles. The highest BCUT2D eigenvalue weighted by atomic mass is 16.5. The van der Waals surface area contributed by atoms with Crippen LogP contribution >= 0.6 is 0 Å². The first kappa shape index (κ1) is 34.3. The van der Waals surface area contributed by atoms with E-state index in [1.165, 1.54) is 27.8 Å². The average molecular weight is 769 g/mol. The summed E-state index contributed by atoms with van der Waals surface area (Å²) in [6.45, 7) is 0. The van der Waals surface area contributed by atoms with Crippen LogP contribution in [0.3, 0.4) is 0 Å². The summed E-state index contributed by atoms with van der Waals surface area (Å²) in [5.74, 6) is 3.46. The largest absolute Gasteiger partial charge is 0.457 e. The highest BCUT2D eigenvalue weighted by Gasteiger charge is 2.51. The number of para-hydroxylation sites is 1. The van der Waals surface area contributed by atoms with E-state index >= 15 is 0 Å². The standard InChI is InChI=1S/C55H36N4O/c1-3-14-35(15-4-1)38-19-11-20-40(32-38)53-57-52(37-16-5-2-6-17-37)58-54(59-53)41-28-30-50-48(34-41)55(45-25-9-7-22-43(45)44-23-8-10-26-46(44)55)47-33-39(27-29-49(47)60-50)42-24-12-18-36-21-13-31-56-51(36)42/h1-12,14-20,22-34H,13,21H2. The van der Waals surface area contributed by atoms with Crippen molar-refractivity contribution < 1.29 is 4.74 Å². The van der Waals surface area contributed by atoms with Crippen molar-refractivity contribution in [2.24, 2.45) is 4.99 Å². The lowest BCUT2D eigenvalue weighted by molar-refractivity contribution is 0.436. The molecule has 1 aromatic heterocycles. The van der Waals surface area contributed by atoms with Gasteiger partial charge in [-0.15, -0.1) is 0 Å². The summed E-state index contributed by atoms with van der Waals surface area (Å²) < 4.78 is 6.95. The van der Waals surface area contributed by atoms with Gasteiger partial charge in [-0.25, -0.2) is 15.0 Å². The molecular formula is C55H36N4O. The Bertz CT molecular complexity index is 3150. The molecule has 5 heteroatoms. The second-order valence-electron chi connectivity index (χ2n) is 15.6. The number of nitrogens with zero attached hydrogens (tertiary/aromatic N) is 4. The smallest absolute Gasteiger partial charge is 0.164 e. The first-order chi connectivity index (χ1) is 29.7. The Hall–Kier alpha value is -7.76. The van der Waals surface area contributed by atoms with Gasteiger partial charge in [0.2, 0.25) is 0 Å². The molecule has 0 saturated heterocycles. The molecule has 282 valence electrons. The lowest BCUT2D eigenvalue weighted by atomic mass is 9.65. The van der Waals surface area contributed by atoms with Gasteiger partial charge in [0.1, 0.15) is 11.5 Å². The maximum Gasteiger partial charge on any atom is 0.164 e. The van der Waals surface area contributed by atoms with E-state index in [1.54, 1.807) is 0 Å². The fraction of sp³-hybridized carbons (Fsp3) is 0.0545. The molecule has 12 rings (SSSR count). The molecule has 1 aliphatic carbocycles. The van der Waals surface area contributed by atoms with Crippen LogP contribution < -0.4 is 4.74 Å². The molecule has 0 fully saturated rings. The third kappa shape index (κ3) is 5.33. The van der Waals surface area contributed by atoms with Crippen LogP contribution in [-0.4, -0.2) is 21.2 Å². The molecule has 0 amide bonds. The fourth-order valence-corrected chi connectivity index (χ4v) is 9.58. The maximum absolute atomic E-state index is 6.95. The van der Waals surface area contributed by atoms with Crippen LogP contribution in [0.1, 0.15) is 34.2 Å². The van der Waals surface area contributed by atoms with Crippen molar-refractivity contribution >= 4 is 11.9 Å². The van der Waals surface area contributed by atoms with Crippen LogP contribution in [-0.2, 0) is 11.8 Å². The SMILES string of the molecule is C1=Nc2c(cccc2-c2ccc3c(c2)C2(c4cc(-c5nc(-c6ccccc6)nc(-c6cccc(-c7ccccc7)c6)n5)ccc4O3)c3ccccc3-c3ccccc32)CC1. The molecule has 0 atom stereocenters. The second kappa shape index (κ2) is 13.7. The molecule has 9 aromatic rings. The third-order valence-electron chi connectivity index (χ3n) is 12.3. The number of aryl methyl sites for hydroxylation is 1. The number of rotatable bonds is 5. The van der Waals surface area contributed by atoms with Crippen molar-refractivity contribution in [3.63, 3.8) is 0 Å². The number of hydrogen-bond acceptors (Lipinski definition) is 5. The van der Waals surface area contributed by atoms with Crippen LogP contribution in [0.5, 0.6) is 11.5 Å². The monoisotopic (exact) mass is 768 g/mol. The van der Waals surface area contributed by atoms with Crippen molar-refractivity contribution in [2.45, 2.75) is 18.3 Å². The zero-order chi connectivity index (χ0) is 39.6. The number of ether oxygens (including phenoxy) is 1. The molecule has 5 nitrogen and oxygen atoms in total. The number of fused-ring (bicyclic) bond motifs is 10. The predicted molar refractivity (Wildman–Crippen MR) is 241 cm³/mol. The highest BCUT2D eigenvalue weighted by molar-refractivity contribution is 5.91. The zero-order valence-corrected chi connectivity index (χ0v) is 32.6.